The van der Waals surface area contributed by atoms with Gasteiger partial charge >= 0.3 is 12.1 Å². The number of aliphatic carboxylic acids is 1. The number of alkyl halides is 3. The van der Waals surface area contributed by atoms with Gasteiger partial charge in [-0.15, -0.1) is 0 Å². The van der Waals surface area contributed by atoms with Crippen LogP contribution in [0.1, 0.15) is 18.4 Å². The number of ether oxygens (including phenoxy) is 1. The highest BCUT2D eigenvalue weighted by Crippen LogP contribution is 2.13. The minimum atomic E-state index is -5.08. The van der Waals surface area contributed by atoms with Crippen LogP contribution in [-0.2, 0) is 11.3 Å². The largest absolute Gasteiger partial charge is 0.490 e. The van der Waals surface area contributed by atoms with Gasteiger partial charge < -0.3 is 20.5 Å². The minimum absolute atomic E-state index is 0.672. The first-order chi connectivity index (χ1) is 11.3. The fraction of sp³-hybridized carbons (Fsp3) is 0.600. The van der Waals surface area contributed by atoms with Crippen LogP contribution in [0.3, 0.4) is 0 Å². The summed E-state index contributed by atoms with van der Waals surface area (Å²) >= 11 is 0. The molecule has 136 valence electrons. The predicted octanol–water partition coefficient (Wildman–Crippen LogP) is 1.81. The first kappa shape index (κ1) is 20.2. The van der Waals surface area contributed by atoms with Crippen molar-refractivity contribution >= 4 is 5.97 Å². The van der Waals surface area contributed by atoms with E-state index in [1.54, 1.807) is 7.11 Å². The van der Waals surface area contributed by atoms with Crippen LogP contribution in [0.25, 0.3) is 0 Å². The number of nitrogens with one attached hydrogen (secondary N) is 2. The van der Waals surface area contributed by atoms with E-state index in [-0.39, 0.29) is 0 Å². The van der Waals surface area contributed by atoms with Crippen molar-refractivity contribution < 1.29 is 27.8 Å². The molecule has 0 saturated carbocycles. The van der Waals surface area contributed by atoms with Crippen molar-refractivity contribution in [1.29, 1.82) is 0 Å². The number of carboxylic acids is 1. The topological polar surface area (TPSA) is 83.5 Å². The van der Waals surface area contributed by atoms with E-state index in [4.69, 9.17) is 14.6 Å². The summed E-state index contributed by atoms with van der Waals surface area (Å²) in [6.45, 7) is 4.29. The Bertz CT molecular complexity index is 489. The van der Waals surface area contributed by atoms with Crippen molar-refractivity contribution in [3.63, 3.8) is 0 Å². The average molecular weight is 349 g/mol. The van der Waals surface area contributed by atoms with Crippen LogP contribution in [0.5, 0.6) is 5.88 Å². The maximum Gasteiger partial charge on any atom is 0.490 e. The lowest BCUT2D eigenvalue weighted by Crippen LogP contribution is -2.35. The molecule has 0 spiro atoms. The van der Waals surface area contributed by atoms with E-state index in [9.17, 15) is 13.2 Å². The zero-order valence-electron chi connectivity index (χ0n) is 13.4. The van der Waals surface area contributed by atoms with E-state index >= 15 is 0 Å². The van der Waals surface area contributed by atoms with Crippen molar-refractivity contribution in [2.75, 3.05) is 26.7 Å². The average Bonchev–Trinajstić information content (AvgIpc) is 2.56. The molecule has 0 radical (unpaired) electrons. The molecule has 1 aliphatic rings. The summed E-state index contributed by atoms with van der Waals surface area (Å²) in [6, 6.07) is 3.96. The molecule has 2 rings (SSSR count). The molecule has 2 heterocycles. The molecule has 9 heteroatoms. The van der Waals surface area contributed by atoms with Crippen LogP contribution in [0.2, 0.25) is 0 Å². The van der Waals surface area contributed by atoms with Gasteiger partial charge in [0, 0.05) is 18.8 Å². The third-order valence-electron chi connectivity index (χ3n) is 3.41. The zero-order chi connectivity index (χ0) is 18.0. The lowest BCUT2D eigenvalue weighted by molar-refractivity contribution is -0.192. The summed E-state index contributed by atoms with van der Waals surface area (Å²) in [4.78, 5) is 13.1. The monoisotopic (exact) mass is 349 g/mol. The van der Waals surface area contributed by atoms with Gasteiger partial charge in [-0.05, 0) is 44.0 Å². The van der Waals surface area contributed by atoms with Gasteiger partial charge in [0.15, 0.2) is 0 Å². The van der Waals surface area contributed by atoms with E-state index in [1.165, 1.54) is 24.9 Å². The lowest BCUT2D eigenvalue weighted by Gasteiger charge is -2.22. The first-order valence-corrected chi connectivity index (χ1v) is 7.53. The molecule has 1 aromatic rings. The predicted molar refractivity (Wildman–Crippen MR) is 81.8 cm³/mol. The van der Waals surface area contributed by atoms with Gasteiger partial charge in [0.2, 0.25) is 5.88 Å². The molecule has 1 aliphatic heterocycles. The summed E-state index contributed by atoms with van der Waals surface area (Å²) in [7, 11) is 1.64. The Labute approximate surface area is 138 Å². The summed E-state index contributed by atoms with van der Waals surface area (Å²) in [6.07, 6.45) is -0.581. The number of rotatable bonds is 5. The Hall–Kier alpha value is -1.87. The molecular formula is C15H22F3N3O3. The highest BCUT2D eigenvalue weighted by molar-refractivity contribution is 5.73. The lowest BCUT2D eigenvalue weighted by atomic mass is 10.00. The van der Waals surface area contributed by atoms with Gasteiger partial charge in [-0.2, -0.15) is 13.2 Å². The summed E-state index contributed by atoms with van der Waals surface area (Å²) in [5.41, 5.74) is 1.20. The van der Waals surface area contributed by atoms with Crippen molar-refractivity contribution in [3.05, 3.63) is 23.9 Å². The van der Waals surface area contributed by atoms with E-state index in [1.807, 2.05) is 12.3 Å². The second-order valence-electron chi connectivity index (χ2n) is 5.35. The zero-order valence-corrected chi connectivity index (χ0v) is 13.4. The first-order valence-electron chi connectivity index (χ1n) is 7.53. The Balaban J connectivity index is 0.000000351. The van der Waals surface area contributed by atoms with Gasteiger partial charge in [0.1, 0.15) is 0 Å². The number of nitrogens with zero attached hydrogens (tertiary/aromatic N) is 1. The van der Waals surface area contributed by atoms with Crippen LogP contribution < -0.4 is 15.4 Å². The highest BCUT2D eigenvalue weighted by atomic mass is 19.4. The molecule has 1 atom stereocenters. The van der Waals surface area contributed by atoms with Crippen LogP contribution in [0.4, 0.5) is 13.2 Å². The number of methoxy groups -OCH3 is 1. The number of carboxylic acid groups (broad SMARTS) is 1. The Morgan fingerprint density at radius 1 is 1.50 bits per heavy atom. The number of piperidine rings is 1. The Morgan fingerprint density at radius 3 is 2.67 bits per heavy atom. The smallest absolute Gasteiger partial charge is 0.481 e. The van der Waals surface area contributed by atoms with Gasteiger partial charge in [-0.3, -0.25) is 0 Å². The van der Waals surface area contributed by atoms with Gasteiger partial charge in [0.05, 0.1) is 7.11 Å². The molecule has 24 heavy (non-hydrogen) atoms. The maximum atomic E-state index is 10.6. The molecule has 0 aliphatic carbocycles. The van der Waals surface area contributed by atoms with Gasteiger partial charge in [0.25, 0.3) is 0 Å². The van der Waals surface area contributed by atoms with E-state index in [2.05, 4.69) is 21.7 Å². The number of halogens is 3. The van der Waals surface area contributed by atoms with Crippen LogP contribution in [0.15, 0.2) is 18.3 Å². The van der Waals surface area contributed by atoms with E-state index < -0.39 is 12.1 Å². The van der Waals surface area contributed by atoms with E-state index in [0.29, 0.717) is 5.88 Å². The number of aromatic nitrogens is 1. The summed E-state index contributed by atoms with van der Waals surface area (Å²) in [5.74, 6) is -1.31. The van der Waals surface area contributed by atoms with Crippen LogP contribution in [-0.4, -0.2) is 49.0 Å². The quantitative estimate of drug-likeness (QED) is 0.752. The molecular weight excluding hydrogens is 327 g/mol. The SMILES string of the molecule is COc1ccc(CNC[C@H]2CCCNC2)cn1.O=C(O)C(F)(F)F. The third kappa shape index (κ3) is 8.11. The van der Waals surface area contributed by atoms with Crippen molar-refractivity contribution in [2.45, 2.75) is 25.6 Å². The third-order valence-corrected chi connectivity index (χ3v) is 3.41. The van der Waals surface area contributed by atoms with Crippen LogP contribution >= 0.6 is 0 Å². The Morgan fingerprint density at radius 2 is 2.21 bits per heavy atom. The molecule has 0 unspecified atom stereocenters. The molecule has 0 bridgehead atoms. The number of carbonyl (C=O) groups is 1. The van der Waals surface area contributed by atoms with Gasteiger partial charge in [-0.25, -0.2) is 9.78 Å². The number of hydrogen-bond acceptors (Lipinski definition) is 5. The second kappa shape index (κ2) is 10.1. The maximum absolute atomic E-state index is 10.6. The number of hydrogen-bond donors (Lipinski definition) is 3. The fourth-order valence-electron chi connectivity index (χ4n) is 2.16. The van der Waals surface area contributed by atoms with Crippen LogP contribution in [0, 0.1) is 5.92 Å². The normalized spacial score (nSPS) is 17.6. The molecule has 3 N–H and O–H groups in total. The molecule has 0 amide bonds. The van der Waals surface area contributed by atoms with Gasteiger partial charge in [-0.1, -0.05) is 6.07 Å². The molecule has 0 aromatic carbocycles. The van der Waals surface area contributed by atoms with Crippen molar-refractivity contribution in [3.8, 4) is 5.88 Å². The molecule has 6 nitrogen and oxygen atoms in total. The summed E-state index contributed by atoms with van der Waals surface area (Å²) < 4.78 is 36.8. The van der Waals surface area contributed by atoms with Crippen molar-refractivity contribution in [1.82, 2.24) is 15.6 Å². The minimum Gasteiger partial charge on any atom is -0.481 e. The molecule has 1 fully saturated rings. The number of pyridine rings is 1. The fourth-order valence-corrected chi connectivity index (χ4v) is 2.16. The second-order valence-corrected chi connectivity index (χ2v) is 5.35. The molecule has 1 aromatic heterocycles. The van der Waals surface area contributed by atoms with E-state index in [0.717, 1.165) is 25.6 Å². The highest BCUT2D eigenvalue weighted by Gasteiger charge is 2.38. The molecule has 1 saturated heterocycles. The standard InChI is InChI=1S/C13H21N3O.C2HF3O2/c1-17-13-5-4-12(10-16-13)9-15-8-11-3-2-6-14-7-11;3-2(4,5)1(6)7/h4-5,10-11,14-15H,2-3,6-9H2,1H3;(H,6,7)/t11-;/m0./s1. The summed E-state index contributed by atoms with van der Waals surface area (Å²) in [5, 5.41) is 14.0. The van der Waals surface area contributed by atoms with Crippen molar-refractivity contribution in [2.24, 2.45) is 5.92 Å². The Kier molecular flexibility index (Phi) is 8.48.